The minimum absolute atomic E-state index is 0.277. The molecule has 0 fully saturated rings. The lowest BCUT2D eigenvalue weighted by Crippen LogP contribution is -2.24. The van der Waals surface area contributed by atoms with Crippen LogP contribution in [0.4, 0.5) is 10.1 Å². The van der Waals surface area contributed by atoms with Crippen LogP contribution in [-0.4, -0.2) is 23.7 Å². The molecule has 3 N–H and O–H groups in total. The summed E-state index contributed by atoms with van der Waals surface area (Å²) in [6, 6.07) is 13.3. The predicted octanol–water partition coefficient (Wildman–Crippen LogP) is 2.63. The van der Waals surface area contributed by atoms with Crippen LogP contribution >= 0.6 is 12.2 Å². The molecule has 0 aliphatic rings. The van der Waals surface area contributed by atoms with Gasteiger partial charge in [0.1, 0.15) is 10.8 Å². The number of halogens is 1. The molecule has 0 heterocycles. The smallest absolute Gasteiger partial charge is 0.123 e. The van der Waals surface area contributed by atoms with Crippen molar-refractivity contribution in [1.29, 1.82) is 0 Å². The summed E-state index contributed by atoms with van der Waals surface area (Å²) in [4.78, 5) is 2.20. The molecule has 0 bridgehead atoms. The van der Waals surface area contributed by atoms with Gasteiger partial charge in [-0.1, -0.05) is 36.5 Å². The highest BCUT2D eigenvalue weighted by Crippen LogP contribution is 2.19. The molecule has 3 nitrogen and oxygen atoms in total. The fourth-order valence-corrected chi connectivity index (χ4v) is 2.17. The average molecular weight is 304 g/mol. The number of hydrogen-bond acceptors (Lipinski definition) is 3. The second-order valence-corrected chi connectivity index (χ2v) is 5.30. The number of anilines is 1. The maximum atomic E-state index is 12.9. The van der Waals surface area contributed by atoms with Gasteiger partial charge in [0.05, 0.1) is 6.10 Å². The number of aliphatic hydroxyl groups excluding tert-OH is 1. The molecule has 1 atom stereocenters. The SMILES string of the molecule is CN(CC(O)c1ccc(C(N)=S)cc1)c1ccc(F)cc1. The van der Waals surface area contributed by atoms with Gasteiger partial charge >= 0.3 is 0 Å². The number of likely N-dealkylation sites (N-methyl/N-ethyl adjacent to an activating group) is 1. The van der Waals surface area contributed by atoms with E-state index in [1.807, 2.05) is 11.9 Å². The standard InChI is InChI=1S/C16H17FN2OS/c1-19(14-8-6-13(17)7-9-14)10-15(20)11-2-4-12(5-3-11)16(18)21/h2-9,15,20H,10H2,1H3,(H2,18,21). The number of thiocarbonyl (C=S) groups is 1. The van der Waals surface area contributed by atoms with Crippen LogP contribution in [0, 0.1) is 5.82 Å². The summed E-state index contributed by atoms with van der Waals surface area (Å²) >= 11 is 4.89. The van der Waals surface area contributed by atoms with Crippen molar-refractivity contribution in [3.8, 4) is 0 Å². The lowest BCUT2D eigenvalue weighted by atomic mass is 10.1. The van der Waals surface area contributed by atoms with Gasteiger partial charge in [0.15, 0.2) is 0 Å². The van der Waals surface area contributed by atoms with Crippen molar-refractivity contribution < 1.29 is 9.50 Å². The normalized spacial score (nSPS) is 12.0. The number of nitrogens with two attached hydrogens (primary N) is 1. The molecule has 0 spiro atoms. The van der Waals surface area contributed by atoms with Crippen LogP contribution in [0.5, 0.6) is 0 Å². The summed E-state index contributed by atoms with van der Waals surface area (Å²) in [5, 5.41) is 10.3. The highest BCUT2D eigenvalue weighted by Gasteiger charge is 2.11. The Labute approximate surface area is 128 Å². The first kappa shape index (κ1) is 15.4. The monoisotopic (exact) mass is 304 g/mol. The van der Waals surface area contributed by atoms with Crippen molar-refractivity contribution in [2.24, 2.45) is 5.73 Å². The van der Waals surface area contributed by atoms with E-state index in [1.165, 1.54) is 12.1 Å². The molecule has 0 aliphatic carbocycles. The van der Waals surface area contributed by atoms with Gasteiger partial charge in [0, 0.05) is 24.8 Å². The molecule has 2 aromatic carbocycles. The van der Waals surface area contributed by atoms with Gasteiger partial charge in [-0.2, -0.15) is 0 Å². The van der Waals surface area contributed by atoms with Gasteiger partial charge < -0.3 is 15.7 Å². The zero-order valence-corrected chi connectivity index (χ0v) is 12.5. The highest BCUT2D eigenvalue weighted by molar-refractivity contribution is 7.80. The van der Waals surface area contributed by atoms with Gasteiger partial charge in [-0.15, -0.1) is 0 Å². The fourth-order valence-electron chi connectivity index (χ4n) is 2.04. The third kappa shape index (κ3) is 4.00. The Balaban J connectivity index is 2.04. The largest absolute Gasteiger partial charge is 0.389 e. The van der Waals surface area contributed by atoms with E-state index in [1.54, 1.807) is 36.4 Å². The van der Waals surface area contributed by atoms with Crippen LogP contribution in [-0.2, 0) is 0 Å². The first-order valence-electron chi connectivity index (χ1n) is 6.52. The van der Waals surface area contributed by atoms with Crippen LogP contribution < -0.4 is 10.6 Å². The molecule has 0 saturated carbocycles. The summed E-state index contributed by atoms with van der Waals surface area (Å²) in [7, 11) is 1.85. The Bertz CT molecular complexity index is 613. The van der Waals surface area contributed by atoms with E-state index in [0.29, 0.717) is 11.5 Å². The minimum atomic E-state index is -0.652. The van der Waals surface area contributed by atoms with Crippen molar-refractivity contribution in [3.05, 3.63) is 65.5 Å². The van der Waals surface area contributed by atoms with Crippen LogP contribution in [0.3, 0.4) is 0 Å². The maximum absolute atomic E-state index is 12.9. The molecule has 1 unspecified atom stereocenters. The molecule has 5 heteroatoms. The molecule has 0 saturated heterocycles. The molecule has 0 aromatic heterocycles. The summed E-state index contributed by atoms with van der Waals surface area (Å²) in [5.41, 5.74) is 7.93. The van der Waals surface area contributed by atoms with Gasteiger partial charge in [-0.05, 0) is 29.8 Å². The van der Waals surface area contributed by atoms with Crippen molar-refractivity contribution in [2.45, 2.75) is 6.10 Å². The lowest BCUT2D eigenvalue weighted by Gasteiger charge is -2.23. The quantitative estimate of drug-likeness (QED) is 0.834. The van der Waals surface area contributed by atoms with Gasteiger partial charge in [0.2, 0.25) is 0 Å². The van der Waals surface area contributed by atoms with Gasteiger partial charge in [0.25, 0.3) is 0 Å². The topological polar surface area (TPSA) is 49.5 Å². The van der Waals surface area contributed by atoms with Crippen LogP contribution in [0.1, 0.15) is 17.2 Å². The average Bonchev–Trinajstić information content (AvgIpc) is 2.47. The van der Waals surface area contributed by atoms with E-state index >= 15 is 0 Å². The Kier molecular flexibility index (Phi) is 4.88. The maximum Gasteiger partial charge on any atom is 0.123 e. The molecular weight excluding hydrogens is 287 g/mol. The van der Waals surface area contributed by atoms with Crippen LogP contribution in [0.25, 0.3) is 0 Å². The van der Waals surface area contributed by atoms with Gasteiger partial charge in [-0.3, -0.25) is 0 Å². The fraction of sp³-hybridized carbons (Fsp3) is 0.188. The number of nitrogens with zero attached hydrogens (tertiary/aromatic N) is 1. The number of hydrogen-bond donors (Lipinski definition) is 2. The molecule has 110 valence electrons. The Morgan fingerprint density at radius 1 is 1.19 bits per heavy atom. The predicted molar refractivity (Wildman–Crippen MR) is 87.0 cm³/mol. The Morgan fingerprint density at radius 2 is 1.76 bits per heavy atom. The zero-order valence-electron chi connectivity index (χ0n) is 11.7. The zero-order chi connectivity index (χ0) is 15.4. The van der Waals surface area contributed by atoms with E-state index in [9.17, 15) is 9.50 Å². The Morgan fingerprint density at radius 3 is 2.29 bits per heavy atom. The van der Waals surface area contributed by atoms with E-state index in [4.69, 9.17) is 18.0 Å². The molecule has 21 heavy (non-hydrogen) atoms. The number of aliphatic hydroxyl groups is 1. The third-order valence-corrected chi connectivity index (χ3v) is 3.53. The van der Waals surface area contributed by atoms with Crippen molar-refractivity contribution in [3.63, 3.8) is 0 Å². The first-order valence-corrected chi connectivity index (χ1v) is 6.92. The number of rotatable bonds is 5. The summed E-state index contributed by atoms with van der Waals surface area (Å²) in [5.74, 6) is -0.277. The third-order valence-electron chi connectivity index (χ3n) is 3.29. The molecule has 0 aliphatic heterocycles. The lowest BCUT2D eigenvalue weighted by molar-refractivity contribution is 0.185. The van der Waals surface area contributed by atoms with Crippen LogP contribution in [0.2, 0.25) is 0 Å². The second-order valence-electron chi connectivity index (χ2n) is 4.86. The minimum Gasteiger partial charge on any atom is -0.389 e. The van der Waals surface area contributed by atoms with Crippen LogP contribution in [0.15, 0.2) is 48.5 Å². The van der Waals surface area contributed by atoms with E-state index in [2.05, 4.69) is 0 Å². The first-order chi connectivity index (χ1) is 9.97. The van der Waals surface area contributed by atoms with E-state index < -0.39 is 6.10 Å². The summed E-state index contributed by atoms with van der Waals surface area (Å²) in [6.45, 7) is 0.401. The number of benzene rings is 2. The summed E-state index contributed by atoms with van der Waals surface area (Å²) in [6.07, 6.45) is -0.652. The molecule has 2 aromatic rings. The van der Waals surface area contributed by atoms with Crippen molar-refractivity contribution in [2.75, 3.05) is 18.5 Å². The van der Waals surface area contributed by atoms with Crippen molar-refractivity contribution >= 4 is 22.9 Å². The molecule has 2 rings (SSSR count). The second kappa shape index (κ2) is 6.65. The van der Waals surface area contributed by atoms with Crippen molar-refractivity contribution in [1.82, 2.24) is 0 Å². The highest BCUT2D eigenvalue weighted by atomic mass is 32.1. The molecule has 0 radical (unpaired) electrons. The summed E-state index contributed by atoms with van der Waals surface area (Å²) < 4.78 is 12.9. The molecule has 0 amide bonds. The van der Waals surface area contributed by atoms with E-state index in [0.717, 1.165) is 16.8 Å². The Hall–Kier alpha value is -1.98. The van der Waals surface area contributed by atoms with Gasteiger partial charge in [-0.25, -0.2) is 4.39 Å². The van der Waals surface area contributed by atoms with E-state index in [-0.39, 0.29) is 5.82 Å². The molecular formula is C16H17FN2OS.